The Morgan fingerprint density at radius 2 is 2.25 bits per heavy atom. The summed E-state index contributed by atoms with van der Waals surface area (Å²) in [5.41, 5.74) is 1.40. The molecular formula is C14H14N4O2. The number of hydrogen-bond acceptors (Lipinski definition) is 4. The fourth-order valence-electron chi connectivity index (χ4n) is 2.98. The minimum absolute atomic E-state index is 0.00611. The number of nitrogens with one attached hydrogen (secondary N) is 2. The van der Waals surface area contributed by atoms with E-state index in [1.807, 2.05) is 12.1 Å². The highest BCUT2D eigenvalue weighted by Gasteiger charge is 2.51. The number of fused-ring (bicyclic) bond motifs is 1. The van der Waals surface area contributed by atoms with Gasteiger partial charge in [-0.2, -0.15) is 4.98 Å². The van der Waals surface area contributed by atoms with E-state index in [1.165, 1.54) is 0 Å². The number of aromatic amines is 1. The quantitative estimate of drug-likeness (QED) is 0.885. The second-order valence-corrected chi connectivity index (χ2v) is 5.66. The number of carbonyl (C=O) groups is 2. The molecule has 2 aliphatic rings. The summed E-state index contributed by atoms with van der Waals surface area (Å²) in [5.74, 6) is 1.61. The van der Waals surface area contributed by atoms with Crippen LogP contribution in [0.4, 0.5) is 5.95 Å². The summed E-state index contributed by atoms with van der Waals surface area (Å²) in [6.07, 6.45) is 3.87. The molecule has 0 radical (unpaired) electrons. The molecule has 6 heteroatoms. The lowest BCUT2D eigenvalue weighted by molar-refractivity contribution is -0.128. The molecule has 6 nitrogen and oxygen atoms in total. The Labute approximate surface area is 115 Å². The Bertz CT molecular complexity index is 667. The maximum Gasteiger partial charge on any atom is 0.230 e. The van der Waals surface area contributed by atoms with E-state index in [9.17, 15) is 9.59 Å². The lowest BCUT2D eigenvalue weighted by Gasteiger charge is -2.23. The second-order valence-electron chi connectivity index (χ2n) is 5.66. The van der Waals surface area contributed by atoms with Gasteiger partial charge in [0.25, 0.3) is 0 Å². The van der Waals surface area contributed by atoms with Gasteiger partial charge in [-0.3, -0.25) is 14.9 Å². The Kier molecular flexibility index (Phi) is 2.39. The van der Waals surface area contributed by atoms with Crippen molar-refractivity contribution in [2.24, 2.45) is 17.8 Å². The fraction of sp³-hybridized carbons (Fsp3) is 0.429. The summed E-state index contributed by atoms with van der Waals surface area (Å²) in [7, 11) is 0. The molecule has 102 valence electrons. The van der Waals surface area contributed by atoms with Gasteiger partial charge in [0.1, 0.15) is 5.78 Å². The lowest BCUT2D eigenvalue weighted by Crippen LogP contribution is -2.27. The van der Waals surface area contributed by atoms with Crippen LogP contribution >= 0.6 is 0 Å². The largest absolute Gasteiger partial charge is 0.322 e. The number of ketones is 1. The Balaban J connectivity index is 1.42. The molecule has 0 aromatic carbocycles. The van der Waals surface area contributed by atoms with E-state index in [-0.39, 0.29) is 11.8 Å². The average Bonchev–Trinajstić information content (AvgIpc) is 3.08. The smallest absolute Gasteiger partial charge is 0.230 e. The number of carbonyl (C=O) groups excluding carboxylic acids is 2. The number of anilines is 1. The molecular weight excluding hydrogens is 256 g/mol. The normalized spacial score (nSPS) is 25.5. The first kappa shape index (κ1) is 11.6. The molecule has 0 saturated heterocycles. The Hall–Kier alpha value is -2.24. The maximum absolute atomic E-state index is 12.1. The third-order valence-corrected chi connectivity index (χ3v) is 4.26. The minimum atomic E-state index is -0.00611. The monoisotopic (exact) mass is 270 g/mol. The van der Waals surface area contributed by atoms with Crippen LogP contribution in [0.5, 0.6) is 0 Å². The van der Waals surface area contributed by atoms with Crippen LogP contribution in [0.1, 0.15) is 19.3 Å². The molecule has 0 unspecified atom stereocenters. The van der Waals surface area contributed by atoms with Crippen molar-refractivity contribution < 1.29 is 9.59 Å². The zero-order valence-corrected chi connectivity index (χ0v) is 10.8. The topological polar surface area (TPSA) is 87.7 Å². The van der Waals surface area contributed by atoms with Gasteiger partial charge in [0.2, 0.25) is 11.9 Å². The number of H-pyrrole nitrogens is 1. The first-order valence-corrected chi connectivity index (χ1v) is 6.84. The van der Waals surface area contributed by atoms with E-state index >= 15 is 0 Å². The van der Waals surface area contributed by atoms with Gasteiger partial charge in [0.15, 0.2) is 5.65 Å². The van der Waals surface area contributed by atoms with E-state index in [2.05, 4.69) is 20.3 Å². The van der Waals surface area contributed by atoms with Gasteiger partial charge in [0.05, 0.1) is 5.52 Å². The number of aromatic nitrogens is 3. The lowest BCUT2D eigenvalue weighted by atomic mass is 9.79. The summed E-state index contributed by atoms with van der Waals surface area (Å²) in [5, 5.41) is 2.81. The molecule has 2 fully saturated rings. The predicted molar refractivity (Wildman–Crippen MR) is 71.8 cm³/mol. The predicted octanol–water partition coefficient (Wildman–Crippen LogP) is 1.51. The molecule has 0 aliphatic heterocycles. The van der Waals surface area contributed by atoms with E-state index in [0.717, 1.165) is 11.9 Å². The van der Waals surface area contributed by atoms with Crippen LogP contribution in [0.2, 0.25) is 0 Å². The third-order valence-electron chi connectivity index (χ3n) is 4.26. The van der Waals surface area contributed by atoms with Gasteiger partial charge in [-0.1, -0.05) is 0 Å². The van der Waals surface area contributed by atoms with Crippen molar-refractivity contribution in [1.82, 2.24) is 15.0 Å². The number of imidazole rings is 1. The zero-order valence-electron chi connectivity index (χ0n) is 10.8. The van der Waals surface area contributed by atoms with Gasteiger partial charge in [0, 0.05) is 25.0 Å². The van der Waals surface area contributed by atoms with E-state index < -0.39 is 0 Å². The number of rotatable bonds is 3. The molecule has 2 aliphatic carbocycles. The first-order chi connectivity index (χ1) is 9.70. The molecule has 2 aromatic heterocycles. The summed E-state index contributed by atoms with van der Waals surface area (Å²) >= 11 is 0. The van der Waals surface area contributed by atoms with Crippen molar-refractivity contribution >= 4 is 28.8 Å². The van der Waals surface area contributed by atoms with E-state index in [1.54, 1.807) is 6.20 Å². The Morgan fingerprint density at radius 3 is 3.00 bits per heavy atom. The fourth-order valence-corrected chi connectivity index (χ4v) is 2.98. The van der Waals surface area contributed by atoms with Crippen molar-refractivity contribution in [2.45, 2.75) is 19.3 Å². The van der Waals surface area contributed by atoms with Crippen LogP contribution in [0.3, 0.4) is 0 Å². The molecule has 2 saturated carbocycles. The standard InChI is InChI=1S/C14H14N4O2/c19-8-4-7(5-8)9-6-10(9)13(20)18-14-16-11-2-1-3-15-12(11)17-14/h1-3,7,9-10H,4-6H2,(H2,15,16,17,18,20)/t9-,10+/m0/s1. The molecule has 1 amide bonds. The van der Waals surface area contributed by atoms with Crippen LogP contribution in [-0.4, -0.2) is 26.6 Å². The molecule has 2 atom stereocenters. The molecule has 4 rings (SSSR count). The summed E-state index contributed by atoms with van der Waals surface area (Å²) in [4.78, 5) is 34.5. The number of Topliss-reactive ketones (excluding diaryl/α,β-unsaturated/α-hetero) is 1. The molecule has 0 spiro atoms. The molecule has 2 heterocycles. The van der Waals surface area contributed by atoms with Crippen LogP contribution in [0, 0.1) is 17.8 Å². The molecule has 20 heavy (non-hydrogen) atoms. The van der Waals surface area contributed by atoms with Gasteiger partial charge in [-0.25, -0.2) is 4.98 Å². The molecule has 0 bridgehead atoms. The van der Waals surface area contributed by atoms with Crippen molar-refractivity contribution in [3.8, 4) is 0 Å². The number of nitrogens with zero attached hydrogens (tertiary/aromatic N) is 2. The summed E-state index contributed by atoms with van der Waals surface area (Å²) in [6, 6.07) is 3.68. The Morgan fingerprint density at radius 1 is 1.40 bits per heavy atom. The van der Waals surface area contributed by atoms with Crippen LogP contribution in [-0.2, 0) is 9.59 Å². The van der Waals surface area contributed by atoms with Gasteiger partial charge >= 0.3 is 0 Å². The minimum Gasteiger partial charge on any atom is -0.322 e. The second kappa shape index (κ2) is 4.13. The average molecular weight is 270 g/mol. The van der Waals surface area contributed by atoms with E-state index in [4.69, 9.17) is 0 Å². The SMILES string of the molecule is O=C1CC([C@@H]2C[C@H]2C(=O)Nc2nc3ncccc3[nH]2)C1. The first-order valence-electron chi connectivity index (χ1n) is 6.84. The van der Waals surface area contributed by atoms with Crippen LogP contribution in [0.25, 0.3) is 11.2 Å². The summed E-state index contributed by atoms with van der Waals surface area (Å²) < 4.78 is 0. The zero-order chi connectivity index (χ0) is 13.7. The molecule has 2 N–H and O–H groups in total. The van der Waals surface area contributed by atoms with E-state index in [0.29, 0.717) is 42.1 Å². The summed E-state index contributed by atoms with van der Waals surface area (Å²) in [6.45, 7) is 0. The van der Waals surface area contributed by atoms with Gasteiger partial charge < -0.3 is 4.98 Å². The highest BCUT2D eigenvalue weighted by molar-refractivity contribution is 5.94. The van der Waals surface area contributed by atoms with Gasteiger partial charge in [-0.05, 0) is 30.4 Å². The van der Waals surface area contributed by atoms with Crippen molar-refractivity contribution in [1.29, 1.82) is 0 Å². The third kappa shape index (κ3) is 1.88. The maximum atomic E-state index is 12.1. The van der Waals surface area contributed by atoms with Crippen LogP contribution < -0.4 is 5.32 Å². The highest BCUT2D eigenvalue weighted by atomic mass is 16.2. The van der Waals surface area contributed by atoms with Crippen molar-refractivity contribution in [2.75, 3.05) is 5.32 Å². The highest BCUT2D eigenvalue weighted by Crippen LogP contribution is 2.50. The van der Waals surface area contributed by atoms with Crippen molar-refractivity contribution in [3.05, 3.63) is 18.3 Å². The van der Waals surface area contributed by atoms with Crippen LogP contribution in [0.15, 0.2) is 18.3 Å². The molecule has 2 aromatic rings. The number of pyridine rings is 1. The number of hydrogen-bond donors (Lipinski definition) is 2. The number of amides is 1. The van der Waals surface area contributed by atoms with Crippen molar-refractivity contribution in [3.63, 3.8) is 0 Å². The van der Waals surface area contributed by atoms with Gasteiger partial charge in [-0.15, -0.1) is 0 Å².